The second kappa shape index (κ2) is 12.3. The third-order valence-corrected chi connectivity index (χ3v) is 7.30. The third kappa shape index (κ3) is 6.48. The molecule has 0 saturated carbocycles. The molecule has 10 heteroatoms. The van der Waals surface area contributed by atoms with Gasteiger partial charge in [-0.25, -0.2) is 8.42 Å². The number of ether oxygens (including phenoxy) is 2. The summed E-state index contributed by atoms with van der Waals surface area (Å²) in [6.07, 6.45) is 1.60. The van der Waals surface area contributed by atoms with Crippen LogP contribution in [0.1, 0.15) is 12.8 Å². The average Bonchev–Trinajstić information content (AvgIpc) is 2.82. The van der Waals surface area contributed by atoms with Crippen molar-refractivity contribution in [3.05, 3.63) is 48.5 Å². The van der Waals surface area contributed by atoms with Gasteiger partial charge in [-0.15, -0.1) is 24.0 Å². The highest BCUT2D eigenvalue weighted by atomic mass is 127. The number of anilines is 1. The third-order valence-electron chi connectivity index (χ3n) is 5.38. The first-order valence-corrected chi connectivity index (χ1v) is 11.7. The Balaban J connectivity index is 0.00000363. The summed E-state index contributed by atoms with van der Waals surface area (Å²) in [5, 5.41) is 6.58. The molecule has 0 amide bonds. The summed E-state index contributed by atoms with van der Waals surface area (Å²) < 4.78 is 37.7. The maximum atomic E-state index is 12.8. The van der Waals surface area contributed by atoms with Gasteiger partial charge in [0.15, 0.2) is 17.5 Å². The van der Waals surface area contributed by atoms with E-state index in [-0.39, 0.29) is 24.0 Å². The van der Waals surface area contributed by atoms with Gasteiger partial charge in [0.05, 0.1) is 19.1 Å². The summed E-state index contributed by atoms with van der Waals surface area (Å²) in [6.45, 7) is 1.75. The van der Waals surface area contributed by atoms with E-state index in [9.17, 15) is 8.42 Å². The fourth-order valence-corrected chi connectivity index (χ4v) is 5.06. The lowest BCUT2D eigenvalue weighted by Crippen LogP contribution is -2.42. The second-order valence-electron chi connectivity index (χ2n) is 7.31. The Bertz CT molecular complexity index is 994. The second-order valence-corrected chi connectivity index (χ2v) is 9.25. The number of hydrogen-bond acceptors (Lipinski definition) is 5. The predicted octanol–water partition coefficient (Wildman–Crippen LogP) is 3.41. The Hall–Kier alpha value is -2.05. The van der Waals surface area contributed by atoms with Crippen molar-refractivity contribution in [1.29, 1.82) is 0 Å². The number of guanidine groups is 1. The van der Waals surface area contributed by atoms with Crippen molar-refractivity contribution in [1.82, 2.24) is 9.62 Å². The van der Waals surface area contributed by atoms with E-state index < -0.39 is 10.0 Å². The molecule has 1 saturated heterocycles. The van der Waals surface area contributed by atoms with Gasteiger partial charge in [0.1, 0.15) is 0 Å². The predicted molar refractivity (Wildman–Crippen MR) is 138 cm³/mol. The van der Waals surface area contributed by atoms with E-state index in [1.54, 1.807) is 49.8 Å². The molecule has 2 N–H and O–H groups in total. The van der Waals surface area contributed by atoms with Crippen LogP contribution in [0.15, 0.2) is 58.4 Å². The maximum Gasteiger partial charge on any atom is 0.243 e. The topological polar surface area (TPSA) is 92.3 Å². The minimum Gasteiger partial charge on any atom is -0.493 e. The molecule has 1 heterocycles. The molecule has 8 nitrogen and oxygen atoms in total. The van der Waals surface area contributed by atoms with Crippen molar-refractivity contribution in [3.63, 3.8) is 0 Å². The quantitative estimate of drug-likeness (QED) is 0.299. The van der Waals surface area contributed by atoms with E-state index in [1.165, 1.54) is 0 Å². The number of hydrogen-bond donors (Lipinski definition) is 2. The molecular weight excluding hydrogens is 543 g/mol. The van der Waals surface area contributed by atoms with Gasteiger partial charge in [-0.1, -0.05) is 18.2 Å². The van der Waals surface area contributed by atoms with Gasteiger partial charge in [-0.2, -0.15) is 4.31 Å². The van der Waals surface area contributed by atoms with Crippen LogP contribution in [0.3, 0.4) is 0 Å². The first-order valence-electron chi connectivity index (χ1n) is 10.2. The highest BCUT2D eigenvalue weighted by molar-refractivity contribution is 14.0. The van der Waals surface area contributed by atoms with E-state index in [0.29, 0.717) is 47.9 Å². The van der Waals surface area contributed by atoms with Crippen molar-refractivity contribution in [3.8, 4) is 11.5 Å². The molecule has 0 aromatic heterocycles. The Morgan fingerprint density at radius 2 is 1.72 bits per heavy atom. The van der Waals surface area contributed by atoms with Crippen LogP contribution in [0.5, 0.6) is 11.5 Å². The Morgan fingerprint density at radius 3 is 2.31 bits per heavy atom. The van der Waals surface area contributed by atoms with E-state index >= 15 is 0 Å². The van der Waals surface area contributed by atoms with Crippen molar-refractivity contribution in [2.75, 3.05) is 46.2 Å². The summed E-state index contributed by atoms with van der Waals surface area (Å²) in [6, 6.07) is 14.2. The van der Waals surface area contributed by atoms with Crippen LogP contribution >= 0.6 is 24.0 Å². The van der Waals surface area contributed by atoms with E-state index in [2.05, 4.69) is 15.6 Å². The summed E-state index contributed by atoms with van der Waals surface area (Å²) in [5.74, 6) is 2.31. The minimum absolute atomic E-state index is 0. The summed E-state index contributed by atoms with van der Waals surface area (Å²) >= 11 is 0. The fourth-order valence-electron chi connectivity index (χ4n) is 3.57. The summed E-state index contributed by atoms with van der Waals surface area (Å²) in [7, 11) is 1.49. The van der Waals surface area contributed by atoms with Crippen molar-refractivity contribution >= 4 is 45.6 Å². The highest BCUT2D eigenvalue weighted by Crippen LogP contribution is 2.29. The van der Waals surface area contributed by atoms with E-state index in [0.717, 1.165) is 18.5 Å². The summed E-state index contributed by atoms with van der Waals surface area (Å²) in [5.41, 5.74) is 0.828. The molecule has 0 atom stereocenters. The first kappa shape index (κ1) is 26.2. The molecule has 3 rings (SSSR count). The largest absolute Gasteiger partial charge is 0.493 e. The van der Waals surface area contributed by atoms with Gasteiger partial charge >= 0.3 is 0 Å². The van der Waals surface area contributed by atoms with Crippen LogP contribution in [-0.2, 0) is 10.0 Å². The minimum atomic E-state index is -3.42. The van der Waals surface area contributed by atoms with Crippen LogP contribution in [0.4, 0.5) is 5.69 Å². The zero-order valence-corrected chi connectivity index (χ0v) is 21.7. The molecule has 0 aliphatic carbocycles. The van der Waals surface area contributed by atoms with Crippen molar-refractivity contribution in [2.24, 2.45) is 10.9 Å². The number of benzene rings is 2. The zero-order chi connectivity index (χ0) is 22.3. The van der Waals surface area contributed by atoms with Gasteiger partial charge in [0, 0.05) is 38.4 Å². The number of halogens is 1. The van der Waals surface area contributed by atoms with Gasteiger partial charge in [-0.05, 0) is 43.0 Å². The number of nitrogens with one attached hydrogen (secondary N) is 2. The van der Waals surface area contributed by atoms with Crippen LogP contribution in [-0.4, -0.2) is 59.6 Å². The number of nitrogens with zero attached hydrogens (tertiary/aromatic N) is 2. The maximum absolute atomic E-state index is 12.8. The Kier molecular flexibility index (Phi) is 10.0. The van der Waals surface area contributed by atoms with Gasteiger partial charge < -0.3 is 20.1 Å². The molecule has 1 aliphatic rings. The SMILES string of the molecule is CN=C(NCC1CCN(S(=O)(=O)c2ccccc2)CC1)Nc1ccc(OC)c(OC)c1.I. The molecule has 32 heavy (non-hydrogen) atoms. The van der Waals surface area contributed by atoms with E-state index in [4.69, 9.17) is 9.47 Å². The molecule has 2 aromatic rings. The number of sulfonamides is 1. The number of aliphatic imine (C=N–C) groups is 1. The number of methoxy groups -OCH3 is 2. The average molecular weight is 574 g/mol. The van der Waals surface area contributed by atoms with Crippen LogP contribution in [0, 0.1) is 5.92 Å². The molecule has 1 fully saturated rings. The molecule has 0 unspecified atom stereocenters. The lowest BCUT2D eigenvalue weighted by atomic mass is 9.98. The van der Waals surface area contributed by atoms with Crippen LogP contribution in [0.25, 0.3) is 0 Å². The molecular formula is C22H31IN4O4S. The molecule has 0 bridgehead atoms. The van der Waals surface area contributed by atoms with Crippen LogP contribution in [0.2, 0.25) is 0 Å². The summed E-state index contributed by atoms with van der Waals surface area (Å²) in [4.78, 5) is 4.63. The van der Waals surface area contributed by atoms with Gasteiger partial charge in [0.2, 0.25) is 10.0 Å². The first-order chi connectivity index (χ1) is 15.0. The molecule has 176 valence electrons. The van der Waals surface area contributed by atoms with Crippen molar-refractivity contribution < 1.29 is 17.9 Å². The Labute approximate surface area is 207 Å². The Morgan fingerprint density at radius 1 is 1.06 bits per heavy atom. The molecule has 1 aliphatic heterocycles. The lowest BCUT2D eigenvalue weighted by molar-refractivity contribution is 0.274. The molecule has 0 radical (unpaired) electrons. The van der Waals surface area contributed by atoms with Gasteiger partial charge in [-0.3, -0.25) is 4.99 Å². The number of rotatable bonds is 7. The standard InChI is InChI=1S/C22H30N4O4S.HI/c1-23-22(25-18-9-10-20(29-2)21(15-18)30-3)24-16-17-11-13-26(14-12-17)31(27,28)19-7-5-4-6-8-19;/h4-10,15,17H,11-14,16H2,1-3H3,(H2,23,24,25);1H. The molecule has 2 aromatic carbocycles. The highest BCUT2D eigenvalue weighted by Gasteiger charge is 2.29. The smallest absolute Gasteiger partial charge is 0.243 e. The van der Waals surface area contributed by atoms with E-state index in [1.807, 2.05) is 24.3 Å². The zero-order valence-electron chi connectivity index (χ0n) is 18.6. The molecule has 0 spiro atoms. The van der Waals surface area contributed by atoms with Crippen LogP contribution < -0.4 is 20.1 Å². The lowest BCUT2D eigenvalue weighted by Gasteiger charge is -2.31. The fraction of sp³-hybridized carbons (Fsp3) is 0.409. The normalized spacial score (nSPS) is 15.5. The van der Waals surface area contributed by atoms with Crippen molar-refractivity contribution in [2.45, 2.75) is 17.7 Å². The monoisotopic (exact) mass is 574 g/mol. The van der Waals surface area contributed by atoms with Gasteiger partial charge in [0.25, 0.3) is 0 Å². The number of piperidine rings is 1.